The first-order valence-corrected chi connectivity index (χ1v) is 10.3. The van der Waals surface area contributed by atoms with E-state index in [2.05, 4.69) is 5.32 Å². The number of aliphatic carboxylic acids is 1. The predicted octanol–water partition coefficient (Wildman–Crippen LogP) is 4.01. The monoisotopic (exact) mass is 404 g/mol. The van der Waals surface area contributed by atoms with Crippen molar-refractivity contribution in [3.63, 3.8) is 0 Å². The van der Waals surface area contributed by atoms with Crippen molar-refractivity contribution in [2.45, 2.75) is 78.7 Å². The second-order valence-corrected chi connectivity index (χ2v) is 7.71. The molecule has 160 valence electrons. The fourth-order valence-electron chi connectivity index (χ4n) is 3.80. The van der Waals surface area contributed by atoms with E-state index in [-0.39, 0.29) is 11.9 Å². The van der Waals surface area contributed by atoms with E-state index >= 15 is 0 Å². The first-order chi connectivity index (χ1) is 13.7. The zero-order valence-electron chi connectivity index (χ0n) is 17.9. The number of β-lactam (4-membered cyclic amide) rings is 1. The van der Waals surface area contributed by atoms with Gasteiger partial charge in [0.05, 0.1) is 11.5 Å². The number of hydrogen-bond acceptors (Lipinski definition) is 4. The number of ether oxygens (including phenoxy) is 1. The van der Waals surface area contributed by atoms with E-state index in [4.69, 9.17) is 4.74 Å². The summed E-state index contributed by atoms with van der Waals surface area (Å²) >= 11 is 0. The summed E-state index contributed by atoms with van der Waals surface area (Å²) in [4.78, 5) is 38.2. The molecule has 1 aromatic rings. The number of nitrogens with zero attached hydrogens (tertiary/aromatic N) is 1. The van der Waals surface area contributed by atoms with Crippen LogP contribution in [0.3, 0.4) is 0 Å². The smallest absolute Gasteiger partial charge is 0.332 e. The van der Waals surface area contributed by atoms with E-state index in [9.17, 15) is 19.5 Å². The number of imide groups is 1. The van der Waals surface area contributed by atoms with Gasteiger partial charge in [-0.1, -0.05) is 57.0 Å². The van der Waals surface area contributed by atoms with E-state index < -0.39 is 29.7 Å². The number of urea groups is 1. The van der Waals surface area contributed by atoms with Gasteiger partial charge in [-0.3, -0.25) is 4.79 Å². The van der Waals surface area contributed by atoms with Crippen LogP contribution in [0.1, 0.15) is 70.5 Å². The third-order valence-corrected chi connectivity index (χ3v) is 5.87. The van der Waals surface area contributed by atoms with Crippen LogP contribution in [0.4, 0.5) is 4.79 Å². The number of aryl methyl sites for hydroxylation is 1. The number of benzene rings is 1. The van der Waals surface area contributed by atoms with Crippen LogP contribution in [-0.4, -0.2) is 40.2 Å². The van der Waals surface area contributed by atoms with Crippen LogP contribution < -0.4 is 5.32 Å². The number of amides is 3. The molecule has 1 aromatic carbocycles. The van der Waals surface area contributed by atoms with Crippen molar-refractivity contribution in [2.24, 2.45) is 5.41 Å². The third-order valence-electron chi connectivity index (χ3n) is 5.87. The van der Waals surface area contributed by atoms with Gasteiger partial charge in [0.1, 0.15) is 0 Å². The zero-order valence-corrected chi connectivity index (χ0v) is 17.9. The van der Waals surface area contributed by atoms with E-state index in [0.717, 1.165) is 28.9 Å². The summed E-state index contributed by atoms with van der Waals surface area (Å²) < 4.78 is 5.66. The topological polar surface area (TPSA) is 95.9 Å². The molecule has 0 radical (unpaired) electrons. The van der Waals surface area contributed by atoms with Crippen molar-refractivity contribution in [1.29, 1.82) is 0 Å². The fraction of sp³-hybridized carbons (Fsp3) is 0.591. The Bertz CT molecular complexity index is 742. The predicted molar refractivity (Wildman–Crippen MR) is 109 cm³/mol. The van der Waals surface area contributed by atoms with E-state index in [1.165, 1.54) is 6.92 Å². The fourth-order valence-corrected chi connectivity index (χ4v) is 3.80. The first kappa shape index (κ1) is 22.9. The van der Waals surface area contributed by atoms with Crippen LogP contribution in [0.5, 0.6) is 0 Å². The van der Waals surface area contributed by atoms with Gasteiger partial charge >= 0.3 is 12.0 Å². The van der Waals surface area contributed by atoms with Crippen molar-refractivity contribution in [1.82, 2.24) is 10.2 Å². The summed E-state index contributed by atoms with van der Waals surface area (Å²) in [5, 5.41) is 12.2. The van der Waals surface area contributed by atoms with Crippen molar-refractivity contribution in [3.05, 3.63) is 35.4 Å². The maximum atomic E-state index is 13.0. The average Bonchev–Trinajstić information content (AvgIpc) is 2.69. The summed E-state index contributed by atoms with van der Waals surface area (Å²) in [6.07, 6.45) is 0.511. The summed E-state index contributed by atoms with van der Waals surface area (Å²) in [6.45, 7) is 9.14. The molecule has 1 saturated heterocycles. The van der Waals surface area contributed by atoms with Gasteiger partial charge in [0, 0.05) is 0 Å². The van der Waals surface area contributed by atoms with E-state index in [1.54, 1.807) is 0 Å². The molecule has 0 spiro atoms. The Morgan fingerprint density at radius 3 is 2.28 bits per heavy atom. The molecule has 1 heterocycles. The van der Waals surface area contributed by atoms with Gasteiger partial charge in [0.2, 0.25) is 5.91 Å². The quantitative estimate of drug-likeness (QED) is 0.606. The number of carbonyl (C=O) groups is 3. The molecule has 0 aromatic heterocycles. The number of likely N-dealkylation sites (tertiary alicyclic amines) is 1. The van der Waals surface area contributed by atoms with Crippen LogP contribution >= 0.6 is 0 Å². The lowest BCUT2D eigenvalue weighted by atomic mass is 9.72. The average molecular weight is 405 g/mol. The molecule has 29 heavy (non-hydrogen) atoms. The molecule has 7 heteroatoms. The SMILES string of the molecule is CCC[C@@H](NC(=O)N1C(=O)C(CC)(CC)[C@@H]1O[C@@H](C)C(=O)O)c1ccc(C)cc1. The van der Waals surface area contributed by atoms with Crippen molar-refractivity contribution >= 4 is 17.9 Å². The molecule has 1 fully saturated rings. The Labute approximate surface area is 172 Å². The third kappa shape index (κ3) is 4.45. The Balaban J connectivity index is 2.24. The standard InChI is InChI=1S/C22H32N2O5/c1-6-9-17(16-12-10-14(4)11-13-16)23-21(28)24-19(27)22(7-2,8-3)20(24)29-15(5)18(25)26/h10-13,15,17,20H,6-9H2,1-5H3,(H,23,28)(H,25,26)/t15-,17+,20-/m0/s1. The molecule has 0 unspecified atom stereocenters. The molecule has 0 bridgehead atoms. The highest BCUT2D eigenvalue weighted by atomic mass is 16.5. The Morgan fingerprint density at radius 1 is 1.21 bits per heavy atom. The Kier molecular flexibility index (Phi) is 7.41. The van der Waals surface area contributed by atoms with Crippen LogP contribution in [0.25, 0.3) is 0 Å². The number of carbonyl (C=O) groups excluding carboxylic acids is 2. The molecule has 0 saturated carbocycles. The Hall–Kier alpha value is -2.41. The maximum Gasteiger partial charge on any atom is 0.332 e. The van der Waals surface area contributed by atoms with Crippen LogP contribution in [0.15, 0.2) is 24.3 Å². The van der Waals surface area contributed by atoms with Crippen LogP contribution in [-0.2, 0) is 14.3 Å². The van der Waals surface area contributed by atoms with Crippen molar-refractivity contribution in [2.75, 3.05) is 0 Å². The van der Waals surface area contributed by atoms with Gasteiger partial charge in [-0.05, 0) is 38.7 Å². The summed E-state index contributed by atoms with van der Waals surface area (Å²) in [6, 6.07) is 7.12. The minimum Gasteiger partial charge on any atom is -0.479 e. The number of nitrogens with one attached hydrogen (secondary N) is 1. The second kappa shape index (κ2) is 9.39. The zero-order chi connectivity index (χ0) is 21.8. The molecular weight excluding hydrogens is 372 g/mol. The van der Waals surface area contributed by atoms with Gasteiger partial charge in [-0.15, -0.1) is 0 Å². The van der Waals surface area contributed by atoms with Gasteiger partial charge in [0.15, 0.2) is 12.3 Å². The molecule has 1 aliphatic rings. The van der Waals surface area contributed by atoms with Gasteiger partial charge in [-0.25, -0.2) is 14.5 Å². The van der Waals surface area contributed by atoms with Crippen molar-refractivity contribution < 1.29 is 24.2 Å². The van der Waals surface area contributed by atoms with Gasteiger partial charge in [0.25, 0.3) is 0 Å². The minimum absolute atomic E-state index is 0.239. The van der Waals surface area contributed by atoms with E-state index in [1.807, 2.05) is 52.0 Å². The first-order valence-electron chi connectivity index (χ1n) is 10.3. The minimum atomic E-state index is -1.13. The molecule has 3 atom stereocenters. The molecular formula is C22H32N2O5. The molecule has 1 aliphatic heterocycles. The molecule has 3 amide bonds. The molecule has 7 nitrogen and oxygen atoms in total. The number of hydrogen-bond donors (Lipinski definition) is 2. The molecule has 2 rings (SSSR count). The van der Waals surface area contributed by atoms with Gasteiger partial charge in [-0.2, -0.15) is 0 Å². The highest BCUT2D eigenvalue weighted by Crippen LogP contribution is 2.46. The summed E-state index contributed by atoms with van der Waals surface area (Å²) in [7, 11) is 0. The lowest BCUT2D eigenvalue weighted by Crippen LogP contribution is -2.73. The number of carboxylic acids is 1. The number of carboxylic acid groups (broad SMARTS) is 1. The lowest BCUT2D eigenvalue weighted by Gasteiger charge is -2.54. The normalized spacial score (nSPS) is 20.0. The van der Waals surface area contributed by atoms with Crippen LogP contribution in [0, 0.1) is 12.3 Å². The highest BCUT2D eigenvalue weighted by molar-refractivity contribution is 6.03. The Morgan fingerprint density at radius 2 is 1.79 bits per heavy atom. The van der Waals surface area contributed by atoms with E-state index in [0.29, 0.717) is 12.8 Å². The second-order valence-electron chi connectivity index (χ2n) is 7.71. The summed E-state index contributed by atoms with van der Waals surface area (Å²) in [5.41, 5.74) is 1.22. The van der Waals surface area contributed by atoms with Gasteiger partial charge < -0.3 is 15.2 Å². The largest absolute Gasteiger partial charge is 0.479 e. The van der Waals surface area contributed by atoms with Crippen LogP contribution in [0.2, 0.25) is 0 Å². The molecule has 0 aliphatic carbocycles. The number of rotatable bonds is 9. The lowest BCUT2D eigenvalue weighted by molar-refractivity contribution is -0.223. The van der Waals surface area contributed by atoms with Crippen molar-refractivity contribution in [3.8, 4) is 0 Å². The highest BCUT2D eigenvalue weighted by Gasteiger charge is 2.62. The molecule has 2 N–H and O–H groups in total. The maximum absolute atomic E-state index is 13.0. The summed E-state index contributed by atoms with van der Waals surface area (Å²) in [5.74, 6) is -1.45.